The Kier molecular flexibility index (Phi) is 8.23. The molecule has 11 heteroatoms. The normalized spacial score (nSPS) is 14.6. The number of thiophene rings is 1. The van der Waals surface area contributed by atoms with Crippen LogP contribution in [0.25, 0.3) is 6.08 Å². The number of ether oxygens (including phenoxy) is 2. The van der Waals surface area contributed by atoms with Crippen LogP contribution in [0.2, 0.25) is 0 Å². The van der Waals surface area contributed by atoms with E-state index in [9.17, 15) is 18.4 Å². The molecule has 3 heterocycles. The highest BCUT2D eigenvalue weighted by molar-refractivity contribution is 7.10. The number of anilines is 1. The van der Waals surface area contributed by atoms with Gasteiger partial charge in [-0.05, 0) is 66.4 Å². The number of allylic oxidation sites excluding steroid dienone is 1. The summed E-state index contributed by atoms with van der Waals surface area (Å²) in [6.07, 6.45) is 1.74. The molecule has 7 nitrogen and oxygen atoms in total. The van der Waals surface area contributed by atoms with Gasteiger partial charge in [0.05, 0.1) is 22.9 Å². The summed E-state index contributed by atoms with van der Waals surface area (Å²) in [5.74, 6) is -1.43. The highest BCUT2D eigenvalue weighted by atomic mass is 32.1. The van der Waals surface area contributed by atoms with Crippen molar-refractivity contribution in [2.45, 2.75) is 19.6 Å². The first kappa shape index (κ1) is 29.2. The van der Waals surface area contributed by atoms with Gasteiger partial charge in [-0.2, -0.15) is 0 Å². The Morgan fingerprint density at radius 3 is 2.57 bits per heavy atom. The van der Waals surface area contributed by atoms with Crippen LogP contribution in [0.1, 0.15) is 29.0 Å². The van der Waals surface area contributed by atoms with Crippen molar-refractivity contribution in [3.05, 3.63) is 143 Å². The van der Waals surface area contributed by atoms with Crippen molar-refractivity contribution in [1.29, 1.82) is 0 Å². The van der Waals surface area contributed by atoms with Crippen molar-refractivity contribution in [1.82, 2.24) is 4.57 Å². The molecule has 5 aromatic rings. The Morgan fingerprint density at radius 2 is 1.84 bits per heavy atom. The summed E-state index contributed by atoms with van der Waals surface area (Å²) in [4.78, 5) is 33.5. The van der Waals surface area contributed by atoms with Gasteiger partial charge in [0.25, 0.3) is 11.5 Å². The minimum absolute atomic E-state index is 0.0495. The molecule has 0 fully saturated rings. The number of fused-ring (bicyclic) bond motifs is 1. The Hall–Kier alpha value is -4.87. The Balaban J connectivity index is 1.37. The fourth-order valence-corrected chi connectivity index (χ4v) is 6.82. The molecule has 2 aromatic heterocycles. The minimum Gasteiger partial charge on any atom is -0.496 e. The van der Waals surface area contributed by atoms with Crippen LogP contribution in [-0.4, -0.2) is 17.6 Å². The average Bonchev–Trinajstić information content (AvgIpc) is 3.65. The van der Waals surface area contributed by atoms with E-state index in [1.807, 2.05) is 35.7 Å². The second-order valence-corrected chi connectivity index (χ2v) is 11.8. The summed E-state index contributed by atoms with van der Waals surface area (Å²) in [6.45, 7) is 1.73. The first-order chi connectivity index (χ1) is 21.3. The van der Waals surface area contributed by atoms with Crippen LogP contribution in [0.3, 0.4) is 0 Å². The molecule has 0 unspecified atom stereocenters. The molecule has 0 saturated carbocycles. The van der Waals surface area contributed by atoms with E-state index in [0.717, 1.165) is 17.0 Å². The molecular formula is C33H25F2N3O4S2. The molecule has 44 heavy (non-hydrogen) atoms. The molecule has 1 N–H and O–H groups in total. The van der Waals surface area contributed by atoms with Crippen LogP contribution < -0.4 is 29.7 Å². The third kappa shape index (κ3) is 5.84. The van der Waals surface area contributed by atoms with Crippen molar-refractivity contribution in [2.24, 2.45) is 4.99 Å². The number of benzene rings is 3. The summed E-state index contributed by atoms with van der Waals surface area (Å²) in [5, 5.41) is 4.85. The van der Waals surface area contributed by atoms with Gasteiger partial charge < -0.3 is 14.8 Å². The van der Waals surface area contributed by atoms with Gasteiger partial charge in [0, 0.05) is 22.2 Å². The van der Waals surface area contributed by atoms with E-state index >= 15 is 0 Å². The molecule has 222 valence electrons. The quantitative estimate of drug-likeness (QED) is 0.235. The largest absolute Gasteiger partial charge is 0.496 e. The maximum Gasteiger partial charge on any atom is 0.271 e. The number of para-hydroxylation sites is 1. The number of rotatable bonds is 8. The Morgan fingerprint density at radius 1 is 1.05 bits per heavy atom. The number of hydrogen-bond donors (Lipinski definition) is 1. The highest BCUT2D eigenvalue weighted by Crippen LogP contribution is 2.33. The molecule has 6 rings (SSSR count). The number of nitrogens with zero attached hydrogens (tertiary/aromatic N) is 2. The lowest BCUT2D eigenvalue weighted by molar-refractivity contribution is -0.113. The van der Waals surface area contributed by atoms with E-state index in [1.54, 1.807) is 47.9 Å². The minimum atomic E-state index is -0.811. The smallest absolute Gasteiger partial charge is 0.271 e. The number of carbonyl (C=O) groups excluding carboxylic acids is 1. The number of hydrogen-bond acceptors (Lipinski definition) is 7. The highest BCUT2D eigenvalue weighted by Gasteiger charge is 2.33. The number of amides is 1. The number of halogens is 2. The second-order valence-electron chi connectivity index (χ2n) is 9.85. The van der Waals surface area contributed by atoms with Crippen LogP contribution in [0.5, 0.6) is 11.5 Å². The van der Waals surface area contributed by atoms with Crippen LogP contribution >= 0.6 is 22.7 Å². The Bertz CT molecular complexity index is 2070. The number of nitrogens with one attached hydrogen (secondary N) is 1. The molecule has 0 aliphatic carbocycles. The summed E-state index contributed by atoms with van der Waals surface area (Å²) < 4.78 is 40.5. The molecule has 0 radical (unpaired) electrons. The molecular weight excluding hydrogens is 605 g/mol. The average molecular weight is 630 g/mol. The molecule has 1 amide bonds. The first-order valence-electron chi connectivity index (χ1n) is 13.5. The van der Waals surface area contributed by atoms with Crippen LogP contribution in [0.4, 0.5) is 14.5 Å². The van der Waals surface area contributed by atoms with Crippen LogP contribution in [0, 0.1) is 11.6 Å². The molecule has 3 aromatic carbocycles. The topological polar surface area (TPSA) is 81.9 Å². The standard InChI is InChI=1S/C33H25F2N3O4S2/c1-19-29(31(39)37-23-7-4-3-5-8-23)30(27-9-6-14-43-27)38-32(40)28(44-33(38)36-19)16-20-10-12-25(41-2)21(15-20)18-42-26-13-11-22(34)17-24(26)35/h3-17,30H,18H2,1-2H3,(H,37,39)/b28-16+/t30-/m0/s1. The van der Waals surface area contributed by atoms with Crippen molar-refractivity contribution in [3.63, 3.8) is 0 Å². The molecule has 0 bridgehead atoms. The number of aromatic nitrogens is 1. The lowest BCUT2D eigenvalue weighted by atomic mass is 10.0. The number of methoxy groups -OCH3 is 1. The summed E-state index contributed by atoms with van der Waals surface area (Å²) in [7, 11) is 1.51. The maximum absolute atomic E-state index is 14.1. The predicted molar refractivity (Wildman–Crippen MR) is 167 cm³/mol. The number of thiazole rings is 1. The zero-order valence-electron chi connectivity index (χ0n) is 23.5. The van der Waals surface area contributed by atoms with Gasteiger partial charge in [-0.3, -0.25) is 14.2 Å². The monoisotopic (exact) mass is 629 g/mol. The van der Waals surface area contributed by atoms with Gasteiger partial charge in [-0.15, -0.1) is 11.3 Å². The lowest BCUT2D eigenvalue weighted by Crippen LogP contribution is -2.40. The molecule has 0 spiro atoms. The summed E-state index contributed by atoms with van der Waals surface area (Å²) in [6, 6.07) is 20.7. The SMILES string of the molecule is COc1ccc(/C=c2/sc3n(c2=O)[C@@H](c2cccs2)C(C(=O)Nc2ccccc2)=C(C)N=3)cc1COc1ccc(F)cc1F. The van der Waals surface area contributed by atoms with Crippen molar-refractivity contribution < 1.29 is 23.0 Å². The Labute approximate surface area is 258 Å². The van der Waals surface area contributed by atoms with Crippen molar-refractivity contribution >= 4 is 40.3 Å². The fourth-order valence-electron chi connectivity index (χ4n) is 4.95. The van der Waals surface area contributed by atoms with Crippen LogP contribution in [0.15, 0.2) is 105 Å². The summed E-state index contributed by atoms with van der Waals surface area (Å²) in [5.41, 5.74) is 2.56. The van der Waals surface area contributed by atoms with Gasteiger partial charge in [-0.1, -0.05) is 41.7 Å². The summed E-state index contributed by atoms with van der Waals surface area (Å²) >= 11 is 2.69. The van der Waals surface area contributed by atoms with Gasteiger partial charge in [-0.25, -0.2) is 13.8 Å². The second kappa shape index (κ2) is 12.4. The van der Waals surface area contributed by atoms with E-state index in [4.69, 9.17) is 9.47 Å². The van der Waals surface area contributed by atoms with Gasteiger partial charge in [0.1, 0.15) is 24.2 Å². The molecule has 1 aliphatic heterocycles. The van der Waals surface area contributed by atoms with E-state index in [0.29, 0.717) is 43.2 Å². The lowest BCUT2D eigenvalue weighted by Gasteiger charge is -2.24. The third-order valence-corrected chi connectivity index (χ3v) is 8.90. The molecule has 0 saturated heterocycles. The fraction of sp³-hybridized carbons (Fsp3) is 0.121. The molecule has 1 aliphatic rings. The van der Waals surface area contributed by atoms with Crippen molar-refractivity contribution in [2.75, 3.05) is 12.4 Å². The van der Waals surface area contributed by atoms with E-state index in [1.165, 1.54) is 35.8 Å². The maximum atomic E-state index is 14.1. The van der Waals surface area contributed by atoms with E-state index in [2.05, 4.69) is 10.3 Å². The third-order valence-electron chi connectivity index (χ3n) is 6.99. The van der Waals surface area contributed by atoms with Gasteiger partial charge in [0.2, 0.25) is 0 Å². The van der Waals surface area contributed by atoms with Gasteiger partial charge in [0.15, 0.2) is 16.4 Å². The van der Waals surface area contributed by atoms with Gasteiger partial charge >= 0.3 is 0 Å². The van der Waals surface area contributed by atoms with Crippen molar-refractivity contribution in [3.8, 4) is 11.5 Å². The number of carbonyl (C=O) groups is 1. The predicted octanol–water partition coefficient (Wildman–Crippen LogP) is 5.80. The van der Waals surface area contributed by atoms with Crippen LogP contribution in [-0.2, 0) is 11.4 Å². The zero-order valence-corrected chi connectivity index (χ0v) is 25.2. The zero-order chi connectivity index (χ0) is 30.8. The van der Waals surface area contributed by atoms with E-state index in [-0.39, 0.29) is 23.8 Å². The van der Waals surface area contributed by atoms with E-state index < -0.39 is 17.7 Å². The first-order valence-corrected chi connectivity index (χ1v) is 15.2. The molecule has 1 atom stereocenters.